The summed E-state index contributed by atoms with van der Waals surface area (Å²) >= 11 is 0. The highest BCUT2D eigenvalue weighted by molar-refractivity contribution is 5.17. The van der Waals surface area contributed by atoms with Crippen LogP contribution in [0.3, 0.4) is 0 Å². The van der Waals surface area contributed by atoms with E-state index in [1.54, 1.807) is 10.9 Å². The summed E-state index contributed by atoms with van der Waals surface area (Å²) in [5.41, 5.74) is 0.965. The molecule has 3 atom stereocenters. The SMILES string of the molecule is C[C@@H]1CN(C[C@H](O)Cn2cccn2)CCN1C[C@H](O)c1ccccc1. The van der Waals surface area contributed by atoms with Crippen LogP contribution in [0, 0.1) is 0 Å². The number of β-amino-alcohol motifs (C(OH)–C–C–N with tert-alkyl or cyclic N) is 2. The highest BCUT2D eigenvalue weighted by atomic mass is 16.3. The largest absolute Gasteiger partial charge is 0.390 e. The van der Waals surface area contributed by atoms with Gasteiger partial charge in [-0.15, -0.1) is 0 Å². The lowest BCUT2D eigenvalue weighted by molar-refractivity contribution is 0.0167. The van der Waals surface area contributed by atoms with Crippen molar-refractivity contribution in [3.63, 3.8) is 0 Å². The maximum absolute atomic E-state index is 10.4. The minimum Gasteiger partial charge on any atom is -0.390 e. The van der Waals surface area contributed by atoms with Gasteiger partial charge in [-0.1, -0.05) is 30.3 Å². The highest BCUT2D eigenvalue weighted by Gasteiger charge is 2.26. The van der Waals surface area contributed by atoms with Gasteiger partial charge in [-0.05, 0) is 18.6 Å². The van der Waals surface area contributed by atoms with E-state index < -0.39 is 12.2 Å². The van der Waals surface area contributed by atoms with Crippen LogP contribution in [0.5, 0.6) is 0 Å². The van der Waals surface area contributed by atoms with Crippen molar-refractivity contribution in [1.29, 1.82) is 0 Å². The van der Waals surface area contributed by atoms with E-state index in [1.165, 1.54) is 0 Å². The fourth-order valence-corrected chi connectivity index (χ4v) is 3.49. The topological polar surface area (TPSA) is 64.8 Å². The van der Waals surface area contributed by atoms with Crippen LogP contribution in [0.25, 0.3) is 0 Å². The van der Waals surface area contributed by atoms with Gasteiger partial charge in [0.2, 0.25) is 0 Å². The number of hydrogen-bond donors (Lipinski definition) is 2. The molecule has 6 nitrogen and oxygen atoms in total. The molecule has 0 amide bonds. The van der Waals surface area contributed by atoms with Gasteiger partial charge in [0.15, 0.2) is 0 Å². The zero-order valence-corrected chi connectivity index (χ0v) is 14.8. The fourth-order valence-electron chi connectivity index (χ4n) is 3.49. The number of benzene rings is 1. The molecular weight excluding hydrogens is 316 g/mol. The molecule has 1 aromatic heterocycles. The van der Waals surface area contributed by atoms with Gasteiger partial charge in [-0.2, -0.15) is 5.10 Å². The molecule has 0 spiro atoms. The van der Waals surface area contributed by atoms with Crippen LogP contribution in [-0.2, 0) is 6.54 Å². The molecule has 136 valence electrons. The van der Waals surface area contributed by atoms with Crippen LogP contribution in [-0.4, -0.2) is 74.7 Å². The van der Waals surface area contributed by atoms with Crippen molar-refractivity contribution >= 4 is 0 Å². The first-order valence-corrected chi connectivity index (χ1v) is 8.96. The zero-order valence-electron chi connectivity index (χ0n) is 14.8. The lowest BCUT2D eigenvalue weighted by Gasteiger charge is -2.41. The molecule has 0 radical (unpaired) electrons. The third kappa shape index (κ3) is 5.12. The predicted molar refractivity (Wildman–Crippen MR) is 97.1 cm³/mol. The third-order valence-electron chi connectivity index (χ3n) is 4.87. The smallest absolute Gasteiger partial charge is 0.0917 e. The van der Waals surface area contributed by atoms with Crippen molar-refractivity contribution in [3.8, 4) is 0 Å². The van der Waals surface area contributed by atoms with Gasteiger partial charge in [0, 0.05) is 51.2 Å². The summed E-state index contributed by atoms with van der Waals surface area (Å²) in [4.78, 5) is 4.62. The summed E-state index contributed by atoms with van der Waals surface area (Å²) < 4.78 is 1.76. The normalized spacial score (nSPS) is 22.0. The molecule has 1 fully saturated rings. The molecule has 2 aromatic rings. The van der Waals surface area contributed by atoms with E-state index >= 15 is 0 Å². The maximum atomic E-state index is 10.4. The Bertz CT molecular complexity index is 620. The van der Waals surface area contributed by atoms with E-state index in [1.807, 2.05) is 42.6 Å². The zero-order chi connectivity index (χ0) is 17.6. The minimum atomic E-state index is -0.458. The van der Waals surface area contributed by atoms with E-state index in [0.717, 1.165) is 25.2 Å². The number of piperazine rings is 1. The van der Waals surface area contributed by atoms with Crippen LogP contribution in [0.4, 0.5) is 0 Å². The molecule has 6 heteroatoms. The Labute approximate surface area is 149 Å². The number of aliphatic hydroxyl groups excluding tert-OH is 2. The number of aromatic nitrogens is 2. The lowest BCUT2D eigenvalue weighted by atomic mass is 10.1. The third-order valence-corrected chi connectivity index (χ3v) is 4.87. The van der Waals surface area contributed by atoms with Crippen LogP contribution in [0.15, 0.2) is 48.8 Å². The van der Waals surface area contributed by atoms with Crippen molar-refractivity contribution in [2.45, 2.75) is 31.7 Å². The molecule has 3 rings (SSSR count). The van der Waals surface area contributed by atoms with Crippen molar-refractivity contribution in [1.82, 2.24) is 19.6 Å². The summed E-state index contributed by atoms with van der Waals surface area (Å²) in [6.45, 7) is 6.71. The number of nitrogens with zero attached hydrogens (tertiary/aromatic N) is 4. The van der Waals surface area contributed by atoms with E-state index in [4.69, 9.17) is 0 Å². The van der Waals surface area contributed by atoms with Gasteiger partial charge in [-0.3, -0.25) is 14.5 Å². The average molecular weight is 344 g/mol. The van der Waals surface area contributed by atoms with Crippen molar-refractivity contribution in [2.24, 2.45) is 0 Å². The van der Waals surface area contributed by atoms with Crippen LogP contribution >= 0.6 is 0 Å². The Hall–Kier alpha value is -1.73. The van der Waals surface area contributed by atoms with Crippen LogP contribution < -0.4 is 0 Å². The monoisotopic (exact) mass is 344 g/mol. The lowest BCUT2D eigenvalue weighted by Crippen LogP contribution is -2.54. The summed E-state index contributed by atoms with van der Waals surface area (Å²) in [5, 5.41) is 24.8. The summed E-state index contributed by atoms with van der Waals surface area (Å²) in [6.07, 6.45) is 2.72. The molecule has 1 saturated heterocycles. The Kier molecular flexibility index (Phi) is 6.20. The maximum Gasteiger partial charge on any atom is 0.0917 e. The Morgan fingerprint density at radius 2 is 1.88 bits per heavy atom. The predicted octanol–water partition coefficient (Wildman–Crippen LogP) is 0.984. The first-order chi connectivity index (χ1) is 12.1. The standard InChI is InChI=1S/C19H28N4O2/c1-16-12-21(13-18(24)14-23-9-5-8-20-23)10-11-22(16)15-19(25)17-6-3-2-4-7-17/h2-9,16,18-19,24-25H,10-15H2,1H3/t16-,18+,19+/m1/s1. The average Bonchev–Trinajstić information content (AvgIpc) is 3.11. The number of aliphatic hydroxyl groups is 2. The van der Waals surface area contributed by atoms with Gasteiger partial charge in [0.05, 0.1) is 18.8 Å². The molecule has 2 heterocycles. The first-order valence-electron chi connectivity index (χ1n) is 8.96. The molecule has 1 aromatic carbocycles. The molecule has 2 N–H and O–H groups in total. The van der Waals surface area contributed by atoms with Crippen molar-refractivity contribution < 1.29 is 10.2 Å². The molecular formula is C19H28N4O2. The van der Waals surface area contributed by atoms with Gasteiger partial charge in [0.25, 0.3) is 0 Å². The summed E-state index contributed by atoms with van der Waals surface area (Å²) in [5.74, 6) is 0. The molecule has 0 saturated carbocycles. The van der Waals surface area contributed by atoms with Crippen molar-refractivity contribution in [2.75, 3.05) is 32.7 Å². The quantitative estimate of drug-likeness (QED) is 0.784. The molecule has 0 unspecified atom stereocenters. The molecule has 0 bridgehead atoms. The van der Waals surface area contributed by atoms with Crippen LogP contribution in [0.1, 0.15) is 18.6 Å². The minimum absolute atomic E-state index is 0.351. The summed E-state index contributed by atoms with van der Waals surface area (Å²) in [7, 11) is 0. The molecule has 25 heavy (non-hydrogen) atoms. The van der Waals surface area contributed by atoms with Gasteiger partial charge < -0.3 is 10.2 Å². The van der Waals surface area contributed by atoms with Gasteiger partial charge >= 0.3 is 0 Å². The summed E-state index contributed by atoms with van der Waals surface area (Å²) in [6, 6.07) is 12.0. The van der Waals surface area contributed by atoms with E-state index in [0.29, 0.717) is 25.7 Å². The van der Waals surface area contributed by atoms with Gasteiger partial charge in [0.1, 0.15) is 0 Å². The molecule has 1 aliphatic heterocycles. The highest BCUT2D eigenvalue weighted by Crippen LogP contribution is 2.18. The number of hydrogen-bond acceptors (Lipinski definition) is 5. The van der Waals surface area contributed by atoms with E-state index in [2.05, 4.69) is 21.8 Å². The second kappa shape index (κ2) is 8.58. The second-order valence-electron chi connectivity index (χ2n) is 6.91. The Morgan fingerprint density at radius 1 is 1.08 bits per heavy atom. The number of rotatable bonds is 7. The fraction of sp³-hybridized carbons (Fsp3) is 0.526. The van der Waals surface area contributed by atoms with Crippen LogP contribution in [0.2, 0.25) is 0 Å². The Morgan fingerprint density at radius 3 is 2.56 bits per heavy atom. The van der Waals surface area contributed by atoms with Gasteiger partial charge in [-0.25, -0.2) is 0 Å². The first kappa shape index (κ1) is 18.1. The van der Waals surface area contributed by atoms with Crippen molar-refractivity contribution in [3.05, 3.63) is 54.4 Å². The molecule has 1 aliphatic rings. The van der Waals surface area contributed by atoms with E-state index in [9.17, 15) is 10.2 Å². The Balaban J connectivity index is 1.45. The van der Waals surface area contributed by atoms with E-state index in [-0.39, 0.29) is 0 Å². The second-order valence-corrected chi connectivity index (χ2v) is 6.91. The molecule has 0 aliphatic carbocycles.